The molecule has 2 aromatic rings. The summed E-state index contributed by atoms with van der Waals surface area (Å²) in [7, 11) is 0. The van der Waals surface area contributed by atoms with Gasteiger partial charge in [-0.25, -0.2) is 0 Å². The van der Waals surface area contributed by atoms with E-state index in [0.717, 1.165) is 42.6 Å². The molecule has 1 N–H and O–H groups in total. The summed E-state index contributed by atoms with van der Waals surface area (Å²) in [6, 6.07) is 17.4. The maximum Gasteiger partial charge on any atom is 0.253 e. The quantitative estimate of drug-likeness (QED) is 0.581. The van der Waals surface area contributed by atoms with Crippen LogP contribution in [0, 0.1) is 5.92 Å². The topological polar surface area (TPSA) is 49.4 Å². The van der Waals surface area contributed by atoms with Crippen molar-refractivity contribution in [1.82, 2.24) is 10.2 Å². The van der Waals surface area contributed by atoms with Crippen molar-refractivity contribution in [3.63, 3.8) is 0 Å². The smallest absolute Gasteiger partial charge is 0.253 e. The number of hydrogen-bond donors (Lipinski definition) is 1. The molecule has 1 fully saturated rings. The van der Waals surface area contributed by atoms with Gasteiger partial charge >= 0.3 is 0 Å². The van der Waals surface area contributed by atoms with Crippen LogP contribution in [0.1, 0.15) is 35.2 Å². The zero-order valence-corrected chi connectivity index (χ0v) is 19.8. The monoisotopic (exact) mass is 488 g/mol. The lowest BCUT2D eigenvalue weighted by molar-refractivity contribution is -0.134. The normalized spacial score (nSPS) is 15.6. The number of piperidine rings is 1. The van der Waals surface area contributed by atoms with Gasteiger partial charge in [0, 0.05) is 17.6 Å². The molecule has 2 aromatic carbocycles. The summed E-state index contributed by atoms with van der Waals surface area (Å²) in [5.41, 5.74) is 1.92. The molecule has 2 amide bonds. The average Bonchev–Trinajstić information content (AvgIpc) is 2.77. The molecule has 0 radical (unpaired) electrons. The van der Waals surface area contributed by atoms with Crippen LogP contribution in [-0.2, 0) is 11.2 Å². The zero-order chi connectivity index (χ0) is 21.3. The second-order valence-corrected chi connectivity index (χ2v) is 9.59. The van der Waals surface area contributed by atoms with E-state index in [-0.39, 0.29) is 11.8 Å². The molecule has 3 rings (SSSR count). The van der Waals surface area contributed by atoms with Gasteiger partial charge in [-0.1, -0.05) is 42.5 Å². The van der Waals surface area contributed by atoms with Gasteiger partial charge in [-0.05, 0) is 77.2 Å². The van der Waals surface area contributed by atoms with Crippen molar-refractivity contribution in [2.75, 3.05) is 25.1 Å². The summed E-state index contributed by atoms with van der Waals surface area (Å²) in [4.78, 5) is 27.9. The summed E-state index contributed by atoms with van der Waals surface area (Å²) < 4.78 is 0.736. The second-order valence-electron chi connectivity index (χ2n) is 7.75. The Bertz CT molecular complexity index is 838. The van der Waals surface area contributed by atoms with Gasteiger partial charge in [0.2, 0.25) is 5.91 Å². The predicted octanol–water partition coefficient (Wildman–Crippen LogP) is 4.78. The molecule has 1 aliphatic rings. The third-order valence-corrected chi connectivity index (χ3v) is 6.96. The van der Waals surface area contributed by atoms with E-state index in [4.69, 9.17) is 0 Å². The van der Waals surface area contributed by atoms with Gasteiger partial charge < -0.3 is 10.2 Å². The van der Waals surface area contributed by atoms with Crippen LogP contribution in [0.15, 0.2) is 59.1 Å². The Morgan fingerprint density at radius 1 is 1.10 bits per heavy atom. The van der Waals surface area contributed by atoms with Crippen LogP contribution in [0.25, 0.3) is 0 Å². The van der Waals surface area contributed by atoms with Crippen molar-refractivity contribution in [2.45, 2.75) is 31.7 Å². The third-order valence-electron chi connectivity index (χ3n) is 5.63. The number of nitrogens with zero attached hydrogens (tertiary/aromatic N) is 1. The minimum Gasteiger partial charge on any atom is -0.341 e. The Balaban J connectivity index is 1.58. The van der Waals surface area contributed by atoms with Crippen LogP contribution < -0.4 is 5.32 Å². The summed E-state index contributed by atoms with van der Waals surface area (Å²) in [6.07, 6.45) is 5.74. The van der Waals surface area contributed by atoms with Gasteiger partial charge in [0.15, 0.2) is 0 Å². The zero-order valence-electron chi connectivity index (χ0n) is 17.4. The molecule has 1 saturated heterocycles. The van der Waals surface area contributed by atoms with Crippen molar-refractivity contribution >= 4 is 39.5 Å². The highest BCUT2D eigenvalue weighted by molar-refractivity contribution is 9.10. The van der Waals surface area contributed by atoms with E-state index in [0.29, 0.717) is 17.9 Å². The number of thioether (sulfide) groups is 1. The van der Waals surface area contributed by atoms with E-state index in [9.17, 15) is 9.59 Å². The SMILES string of the molecule is CSCCC(NC(=O)c1ccccc1Br)C(=O)N1CCC(Cc2ccccc2)CC1. The first-order valence-electron chi connectivity index (χ1n) is 10.5. The Morgan fingerprint density at radius 2 is 1.77 bits per heavy atom. The van der Waals surface area contributed by atoms with Crippen molar-refractivity contribution in [2.24, 2.45) is 5.92 Å². The molecule has 1 atom stereocenters. The number of carbonyl (C=O) groups excluding carboxylic acids is 2. The summed E-state index contributed by atoms with van der Waals surface area (Å²) in [5, 5.41) is 2.98. The number of nitrogens with one attached hydrogen (secondary N) is 1. The van der Waals surface area contributed by atoms with Crippen molar-refractivity contribution in [3.05, 3.63) is 70.2 Å². The van der Waals surface area contributed by atoms with Crippen molar-refractivity contribution < 1.29 is 9.59 Å². The van der Waals surface area contributed by atoms with E-state index in [1.54, 1.807) is 17.8 Å². The van der Waals surface area contributed by atoms with Gasteiger partial charge in [-0.3, -0.25) is 9.59 Å². The van der Waals surface area contributed by atoms with Gasteiger partial charge in [-0.15, -0.1) is 0 Å². The fourth-order valence-corrected chi connectivity index (χ4v) is 4.84. The lowest BCUT2D eigenvalue weighted by Crippen LogP contribution is -2.51. The molecule has 160 valence electrons. The van der Waals surface area contributed by atoms with Crippen LogP contribution in [0.2, 0.25) is 0 Å². The number of benzene rings is 2. The highest BCUT2D eigenvalue weighted by Gasteiger charge is 2.29. The molecular weight excluding hydrogens is 460 g/mol. The molecule has 1 unspecified atom stereocenters. The third kappa shape index (κ3) is 6.35. The van der Waals surface area contributed by atoms with Gasteiger partial charge in [0.1, 0.15) is 6.04 Å². The molecule has 0 bridgehead atoms. The first kappa shape index (κ1) is 22.9. The number of rotatable bonds is 8. The van der Waals surface area contributed by atoms with Crippen molar-refractivity contribution in [1.29, 1.82) is 0 Å². The highest BCUT2D eigenvalue weighted by Crippen LogP contribution is 2.23. The lowest BCUT2D eigenvalue weighted by atomic mass is 9.90. The maximum absolute atomic E-state index is 13.2. The number of likely N-dealkylation sites (tertiary alicyclic amines) is 1. The second kappa shape index (κ2) is 11.6. The van der Waals surface area contributed by atoms with Crippen LogP contribution in [-0.4, -0.2) is 47.9 Å². The van der Waals surface area contributed by atoms with Crippen LogP contribution in [0.5, 0.6) is 0 Å². The molecule has 1 aliphatic heterocycles. The standard InChI is InChI=1S/C24H29BrN2O2S/c1-30-16-13-22(26-23(28)20-9-5-6-10-21(20)25)24(29)27-14-11-19(12-15-27)17-18-7-3-2-4-8-18/h2-10,19,22H,11-17H2,1H3,(H,26,28). The minimum absolute atomic E-state index is 0.0441. The van der Waals surface area contributed by atoms with Crippen LogP contribution >= 0.6 is 27.7 Å². The molecular formula is C24H29BrN2O2S. The molecule has 0 spiro atoms. The number of amides is 2. The van der Waals surface area contributed by atoms with Gasteiger partial charge in [0.05, 0.1) is 5.56 Å². The van der Waals surface area contributed by atoms with E-state index in [1.165, 1.54) is 5.56 Å². The van der Waals surface area contributed by atoms with Gasteiger partial charge in [0.25, 0.3) is 5.91 Å². The Hall–Kier alpha value is -1.79. The Morgan fingerprint density at radius 3 is 2.43 bits per heavy atom. The molecule has 4 nitrogen and oxygen atoms in total. The van der Waals surface area contributed by atoms with Crippen LogP contribution in [0.3, 0.4) is 0 Å². The minimum atomic E-state index is -0.484. The van der Waals surface area contributed by atoms with Crippen LogP contribution in [0.4, 0.5) is 0 Å². The number of halogens is 1. The van der Waals surface area contributed by atoms with E-state index < -0.39 is 6.04 Å². The fourth-order valence-electron chi connectivity index (χ4n) is 3.90. The fraction of sp³-hybridized carbons (Fsp3) is 0.417. The van der Waals surface area contributed by atoms with E-state index in [1.807, 2.05) is 35.4 Å². The molecule has 0 aliphatic carbocycles. The molecule has 1 heterocycles. The molecule has 0 saturated carbocycles. The average molecular weight is 489 g/mol. The summed E-state index contributed by atoms with van der Waals surface area (Å²) >= 11 is 5.12. The van der Waals surface area contributed by atoms with Gasteiger partial charge in [-0.2, -0.15) is 11.8 Å². The lowest BCUT2D eigenvalue weighted by Gasteiger charge is -2.34. The highest BCUT2D eigenvalue weighted by atomic mass is 79.9. The van der Waals surface area contributed by atoms with E-state index in [2.05, 4.69) is 45.5 Å². The predicted molar refractivity (Wildman–Crippen MR) is 128 cm³/mol. The summed E-state index contributed by atoms with van der Waals surface area (Å²) in [5.74, 6) is 1.27. The Kier molecular flexibility index (Phi) is 8.82. The first-order chi connectivity index (χ1) is 14.6. The maximum atomic E-state index is 13.2. The largest absolute Gasteiger partial charge is 0.341 e. The van der Waals surface area contributed by atoms with E-state index >= 15 is 0 Å². The number of hydrogen-bond acceptors (Lipinski definition) is 3. The number of carbonyl (C=O) groups is 2. The summed E-state index contributed by atoms with van der Waals surface area (Å²) in [6.45, 7) is 1.52. The molecule has 30 heavy (non-hydrogen) atoms. The molecule has 6 heteroatoms. The van der Waals surface area contributed by atoms with Crippen molar-refractivity contribution in [3.8, 4) is 0 Å². The Labute approximate surface area is 191 Å². The molecule has 0 aromatic heterocycles. The first-order valence-corrected chi connectivity index (χ1v) is 12.6.